The lowest BCUT2D eigenvalue weighted by Gasteiger charge is -2.18. The topological polar surface area (TPSA) is 123 Å². The van der Waals surface area contributed by atoms with Gasteiger partial charge < -0.3 is 25.2 Å². The number of carbonyl (C=O) groups excluding carboxylic acids is 1. The minimum Gasteiger partial charge on any atom is -0.496 e. The van der Waals surface area contributed by atoms with Crippen LogP contribution in [0.5, 0.6) is 11.5 Å². The monoisotopic (exact) mass is 536 g/mol. The minimum absolute atomic E-state index is 0.263. The van der Waals surface area contributed by atoms with Gasteiger partial charge in [0, 0.05) is 41.3 Å². The number of aryl methyl sites for hydroxylation is 1. The highest BCUT2D eigenvalue weighted by atomic mass is 32.1. The number of hydrogen-bond donors (Lipinski definition) is 3. The van der Waals surface area contributed by atoms with Crippen LogP contribution in [-0.2, 0) is 9.59 Å². The summed E-state index contributed by atoms with van der Waals surface area (Å²) < 4.78 is 12.0. The predicted molar refractivity (Wildman–Crippen MR) is 146 cm³/mol. The van der Waals surface area contributed by atoms with Crippen molar-refractivity contribution in [3.05, 3.63) is 47.5 Å². The Hall–Kier alpha value is -3.50. The number of carbonyl (C=O) groups is 2. The van der Waals surface area contributed by atoms with E-state index >= 15 is 0 Å². The zero-order chi connectivity index (χ0) is 27.2. The van der Waals surface area contributed by atoms with Crippen molar-refractivity contribution < 1.29 is 24.2 Å². The van der Waals surface area contributed by atoms with Gasteiger partial charge in [0.1, 0.15) is 33.8 Å². The third-order valence-corrected chi connectivity index (χ3v) is 8.31. The van der Waals surface area contributed by atoms with Gasteiger partial charge in [-0.15, -0.1) is 17.9 Å². The van der Waals surface area contributed by atoms with Crippen LogP contribution < -0.4 is 20.1 Å². The Labute approximate surface area is 225 Å². The van der Waals surface area contributed by atoms with Gasteiger partial charge in [0.15, 0.2) is 0 Å². The van der Waals surface area contributed by atoms with E-state index in [1.807, 2.05) is 25.1 Å². The Balaban J connectivity index is 1.40. The molecule has 3 heterocycles. The molecular formula is C28H32N4O5S. The summed E-state index contributed by atoms with van der Waals surface area (Å²) in [7, 11) is 1.63. The first-order valence-electron chi connectivity index (χ1n) is 12.7. The van der Waals surface area contributed by atoms with Crippen molar-refractivity contribution in [3.8, 4) is 22.2 Å². The Kier molecular flexibility index (Phi) is 6.87. The Morgan fingerprint density at radius 3 is 2.74 bits per heavy atom. The minimum atomic E-state index is -1.26. The predicted octanol–water partition coefficient (Wildman–Crippen LogP) is 4.05. The van der Waals surface area contributed by atoms with Gasteiger partial charge >= 0.3 is 5.97 Å². The number of nitrogens with zero attached hydrogens (tertiary/aromatic N) is 2. The van der Waals surface area contributed by atoms with Gasteiger partial charge in [-0.1, -0.05) is 19.9 Å². The molecule has 5 rings (SSSR count). The summed E-state index contributed by atoms with van der Waals surface area (Å²) in [6.07, 6.45) is 2.06. The second kappa shape index (κ2) is 9.99. The number of rotatable bonds is 9. The van der Waals surface area contributed by atoms with Crippen LogP contribution in [0.3, 0.4) is 0 Å². The molecule has 3 N–H and O–H groups in total. The quantitative estimate of drug-likeness (QED) is 0.350. The molecule has 1 aromatic carbocycles. The third kappa shape index (κ3) is 4.63. The van der Waals surface area contributed by atoms with Gasteiger partial charge in [-0.05, 0) is 31.4 Å². The number of carboxylic acids is 1. The lowest BCUT2D eigenvalue weighted by atomic mass is 10.1. The number of hydrogen-bond acceptors (Lipinski definition) is 8. The third-order valence-electron chi connectivity index (χ3n) is 7.43. The second-order valence-corrected chi connectivity index (χ2v) is 11.1. The fourth-order valence-electron chi connectivity index (χ4n) is 4.97. The number of thiazole rings is 1. The first-order valence-corrected chi connectivity index (χ1v) is 13.6. The number of benzene rings is 1. The summed E-state index contributed by atoms with van der Waals surface area (Å²) >= 11 is 1.55. The summed E-state index contributed by atoms with van der Waals surface area (Å²) in [5.74, 6) is 0.0590. The van der Waals surface area contributed by atoms with Crippen molar-refractivity contribution in [2.45, 2.75) is 57.2 Å². The van der Waals surface area contributed by atoms with Gasteiger partial charge in [0.2, 0.25) is 5.91 Å². The summed E-state index contributed by atoms with van der Waals surface area (Å²) in [5.41, 5.74) is 2.15. The number of aliphatic carboxylic acids is 1. The Bertz CT molecular complexity index is 1420. The molecule has 0 spiro atoms. The maximum atomic E-state index is 12.9. The highest BCUT2D eigenvalue weighted by Gasteiger charge is 2.60. The largest absolute Gasteiger partial charge is 0.496 e. The molecule has 0 bridgehead atoms. The zero-order valence-corrected chi connectivity index (χ0v) is 22.7. The van der Waals surface area contributed by atoms with Crippen LogP contribution in [-0.4, -0.2) is 58.3 Å². The van der Waals surface area contributed by atoms with Crippen LogP contribution in [0.1, 0.15) is 43.9 Å². The van der Waals surface area contributed by atoms with Crippen LogP contribution in [0.2, 0.25) is 0 Å². The van der Waals surface area contributed by atoms with Crippen LogP contribution in [0, 0.1) is 12.8 Å². The summed E-state index contributed by atoms with van der Waals surface area (Å²) in [6, 6.07) is 5.18. The van der Waals surface area contributed by atoms with Crippen molar-refractivity contribution in [3.63, 3.8) is 0 Å². The summed E-state index contributed by atoms with van der Waals surface area (Å²) in [5, 5.41) is 19.2. The smallest absolute Gasteiger partial charge is 0.330 e. The fraction of sp³-hybridized carbons (Fsp3) is 0.429. The first-order chi connectivity index (χ1) is 18.2. The van der Waals surface area contributed by atoms with Crippen molar-refractivity contribution in [2.75, 3.05) is 13.7 Å². The summed E-state index contributed by atoms with van der Waals surface area (Å²) in [6.45, 7) is 10.3. The first kappa shape index (κ1) is 26.1. The standard InChI is InChI=1S/C28H32N4O5S/c1-6-16-11-28(16,27(34)35)32-25(33)19-9-17(12-29-19)37-23-10-20(26-31-21(13-38-26)14(2)3)30-24-15(4)22(36-5)8-7-18(23)24/h6-8,10,13-14,16-17,19,29H,1,9,11-12H2,2-5H3,(H,32,33)(H,34,35)/t16-,17-,19+,28-/m1/s1. The van der Waals surface area contributed by atoms with E-state index in [0.717, 1.165) is 32.9 Å². The number of fused-ring (bicyclic) bond motifs is 1. The van der Waals surface area contributed by atoms with E-state index in [-0.39, 0.29) is 17.9 Å². The van der Waals surface area contributed by atoms with Crippen molar-refractivity contribution in [1.82, 2.24) is 20.6 Å². The van der Waals surface area contributed by atoms with E-state index in [0.29, 0.717) is 36.7 Å². The van der Waals surface area contributed by atoms with Crippen molar-refractivity contribution in [2.24, 2.45) is 5.92 Å². The molecule has 1 aliphatic carbocycles. The molecule has 3 aromatic rings. The molecule has 2 aliphatic rings. The molecule has 1 amide bonds. The molecule has 2 aromatic heterocycles. The van der Waals surface area contributed by atoms with Gasteiger partial charge in [-0.25, -0.2) is 14.8 Å². The SMILES string of the molecule is C=C[C@@H]1C[C@]1(NC(=O)[C@@H]1C[C@@H](Oc2cc(-c3nc(C(C)C)cs3)nc3c(C)c(OC)ccc23)CN1)C(=O)O. The lowest BCUT2D eigenvalue weighted by molar-refractivity contribution is -0.143. The van der Waals surface area contributed by atoms with E-state index in [1.165, 1.54) is 0 Å². The zero-order valence-electron chi connectivity index (χ0n) is 21.9. The highest BCUT2D eigenvalue weighted by Crippen LogP contribution is 2.44. The summed E-state index contributed by atoms with van der Waals surface area (Å²) in [4.78, 5) is 34.4. The van der Waals surface area contributed by atoms with Crippen molar-refractivity contribution >= 4 is 34.1 Å². The molecule has 0 radical (unpaired) electrons. The molecule has 1 saturated carbocycles. The number of nitrogens with one attached hydrogen (secondary N) is 2. The van der Waals surface area contributed by atoms with Crippen molar-refractivity contribution in [1.29, 1.82) is 0 Å². The molecule has 1 saturated heterocycles. The average molecular weight is 537 g/mol. The number of methoxy groups -OCH3 is 1. The van der Waals surface area contributed by atoms with E-state index in [9.17, 15) is 14.7 Å². The molecule has 9 nitrogen and oxygen atoms in total. The molecular weight excluding hydrogens is 504 g/mol. The van der Waals surface area contributed by atoms with E-state index in [4.69, 9.17) is 19.4 Å². The lowest BCUT2D eigenvalue weighted by Crippen LogP contribution is -2.51. The molecule has 4 atom stereocenters. The van der Waals surface area contributed by atoms with E-state index in [1.54, 1.807) is 24.5 Å². The maximum Gasteiger partial charge on any atom is 0.330 e. The number of aromatic nitrogens is 2. The molecule has 2 fully saturated rings. The molecule has 0 unspecified atom stereocenters. The molecule has 1 aliphatic heterocycles. The molecule has 38 heavy (non-hydrogen) atoms. The second-order valence-electron chi connectivity index (χ2n) is 10.3. The highest BCUT2D eigenvalue weighted by molar-refractivity contribution is 7.13. The van der Waals surface area contributed by atoms with Crippen LogP contribution in [0.15, 0.2) is 36.2 Å². The van der Waals surface area contributed by atoms with Gasteiger partial charge in [-0.3, -0.25) is 4.79 Å². The van der Waals surface area contributed by atoms with Crippen LogP contribution in [0.25, 0.3) is 21.6 Å². The number of pyridine rings is 1. The number of carboxylic acid groups (broad SMARTS) is 1. The maximum absolute atomic E-state index is 12.9. The number of amides is 1. The van der Waals surface area contributed by atoms with Crippen LogP contribution >= 0.6 is 11.3 Å². The fourth-order valence-corrected chi connectivity index (χ4v) is 5.91. The Morgan fingerprint density at radius 1 is 1.32 bits per heavy atom. The van der Waals surface area contributed by atoms with Gasteiger partial charge in [-0.2, -0.15) is 0 Å². The number of ether oxygens (including phenoxy) is 2. The van der Waals surface area contributed by atoms with Crippen LogP contribution in [0.4, 0.5) is 0 Å². The van der Waals surface area contributed by atoms with Gasteiger partial charge in [0.25, 0.3) is 0 Å². The van der Waals surface area contributed by atoms with Gasteiger partial charge in [0.05, 0.1) is 24.4 Å². The molecule has 10 heteroatoms. The van der Waals surface area contributed by atoms with E-state index < -0.39 is 17.6 Å². The normalized spacial score (nSPS) is 24.4. The molecule has 200 valence electrons. The van der Waals surface area contributed by atoms with E-state index in [2.05, 4.69) is 36.4 Å². The Morgan fingerprint density at radius 2 is 2.11 bits per heavy atom. The average Bonchev–Trinajstić information content (AvgIpc) is 3.22.